The zero-order valence-electron chi connectivity index (χ0n) is 16.7. The number of nitrogens with one attached hydrogen (secondary N) is 2. The summed E-state index contributed by atoms with van der Waals surface area (Å²) < 4.78 is 0. The van der Waals surface area contributed by atoms with Crippen LogP contribution in [0.1, 0.15) is 56.6 Å². The van der Waals surface area contributed by atoms with Crippen LogP contribution in [0, 0.1) is 0 Å². The summed E-state index contributed by atoms with van der Waals surface area (Å²) in [5, 5.41) is 16.4. The third kappa shape index (κ3) is 6.62. The number of carbonyl (C=O) groups is 1. The number of fused-ring (bicyclic) bond motifs is 1. The SMILES string of the molecule is CCNC(=NCCCC(=O)N1Cc2ccccc2C1)NC1CCC(O)CC1.I. The van der Waals surface area contributed by atoms with Crippen molar-refractivity contribution in [2.24, 2.45) is 4.99 Å². The average Bonchev–Trinajstić information content (AvgIpc) is 3.11. The number of carbonyl (C=O) groups excluding carboxylic acids is 1. The first-order valence-corrected chi connectivity index (χ1v) is 10.2. The molecule has 156 valence electrons. The fraction of sp³-hybridized carbons (Fsp3) is 0.619. The van der Waals surface area contributed by atoms with Gasteiger partial charge in [-0.2, -0.15) is 0 Å². The number of rotatable bonds is 6. The largest absolute Gasteiger partial charge is 0.393 e. The number of halogens is 1. The number of aliphatic imine (C=N–C) groups is 1. The van der Waals surface area contributed by atoms with Gasteiger partial charge in [0.25, 0.3) is 0 Å². The van der Waals surface area contributed by atoms with Gasteiger partial charge in [-0.25, -0.2) is 0 Å². The average molecular weight is 500 g/mol. The van der Waals surface area contributed by atoms with Crippen molar-refractivity contribution in [3.8, 4) is 0 Å². The second kappa shape index (κ2) is 11.6. The Bertz CT molecular complexity index is 635. The van der Waals surface area contributed by atoms with E-state index in [-0.39, 0.29) is 36.0 Å². The van der Waals surface area contributed by atoms with Crippen molar-refractivity contribution >= 4 is 35.8 Å². The molecule has 6 nitrogen and oxygen atoms in total. The predicted molar refractivity (Wildman–Crippen MR) is 123 cm³/mol. The highest BCUT2D eigenvalue weighted by Crippen LogP contribution is 2.23. The van der Waals surface area contributed by atoms with E-state index in [4.69, 9.17) is 0 Å². The molecule has 28 heavy (non-hydrogen) atoms. The Kier molecular flexibility index (Phi) is 9.50. The highest BCUT2D eigenvalue weighted by Gasteiger charge is 2.22. The van der Waals surface area contributed by atoms with Crippen LogP contribution in [0.4, 0.5) is 0 Å². The number of aliphatic hydroxyl groups is 1. The number of amides is 1. The summed E-state index contributed by atoms with van der Waals surface area (Å²) in [7, 11) is 0. The quantitative estimate of drug-likeness (QED) is 0.243. The number of nitrogens with zero attached hydrogens (tertiary/aromatic N) is 2. The highest BCUT2D eigenvalue weighted by atomic mass is 127. The van der Waals surface area contributed by atoms with Crippen molar-refractivity contribution in [2.75, 3.05) is 13.1 Å². The van der Waals surface area contributed by atoms with Gasteiger partial charge >= 0.3 is 0 Å². The number of hydrogen-bond donors (Lipinski definition) is 3. The molecule has 0 bridgehead atoms. The minimum atomic E-state index is -0.148. The van der Waals surface area contributed by atoms with Crippen molar-refractivity contribution in [3.05, 3.63) is 35.4 Å². The van der Waals surface area contributed by atoms with Crippen LogP contribution in [0.5, 0.6) is 0 Å². The lowest BCUT2D eigenvalue weighted by atomic mass is 9.93. The summed E-state index contributed by atoms with van der Waals surface area (Å²) in [5.41, 5.74) is 2.53. The first-order chi connectivity index (χ1) is 13.2. The van der Waals surface area contributed by atoms with E-state index in [0.717, 1.165) is 57.7 Å². The van der Waals surface area contributed by atoms with Crippen molar-refractivity contribution in [3.63, 3.8) is 0 Å². The molecule has 0 radical (unpaired) electrons. The monoisotopic (exact) mass is 500 g/mol. The second-order valence-corrected chi connectivity index (χ2v) is 7.53. The number of aliphatic hydroxyl groups excluding tert-OH is 1. The molecule has 1 aromatic carbocycles. The fourth-order valence-electron chi connectivity index (χ4n) is 3.82. The van der Waals surface area contributed by atoms with Gasteiger partial charge in [-0.05, 0) is 50.2 Å². The summed E-state index contributed by atoms with van der Waals surface area (Å²) in [6.45, 7) is 4.96. The summed E-state index contributed by atoms with van der Waals surface area (Å²) >= 11 is 0. The molecule has 1 aliphatic carbocycles. The van der Waals surface area contributed by atoms with Crippen molar-refractivity contribution in [2.45, 2.75) is 70.7 Å². The molecular weight excluding hydrogens is 467 g/mol. The molecule has 2 aliphatic rings. The van der Waals surface area contributed by atoms with Crippen LogP contribution in [0.25, 0.3) is 0 Å². The first-order valence-electron chi connectivity index (χ1n) is 10.2. The van der Waals surface area contributed by atoms with E-state index >= 15 is 0 Å². The topological polar surface area (TPSA) is 77.0 Å². The van der Waals surface area contributed by atoms with Crippen LogP contribution in [0.3, 0.4) is 0 Å². The van der Waals surface area contributed by atoms with Gasteiger partial charge in [-0.15, -0.1) is 24.0 Å². The molecule has 1 amide bonds. The molecule has 1 fully saturated rings. The van der Waals surface area contributed by atoms with Crippen LogP contribution < -0.4 is 10.6 Å². The maximum atomic E-state index is 12.5. The minimum absolute atomic E-state index is 0. The van der Waals surface area contributed by atoms with E-state index in [1.807, 2.05) is 17.0 Å². The molecule has 1 aromatic rings. The summed E-state index contributed by atoms with van der Waals surface area (Å²) in [5.74, 6) is 1.03. The molecule has 1 aliphatic heterocycles. The molecule has 7 heteroatoms. The van der Waals surface area contributed by atoms with Crippen LogP contribution in [-0.2, 0) is 17.9 Å². The molecule has 0 saturated heterocycles. The Morgan fingerprint density at radius 3 is 2.43 bits per heavy atom. The van der Waals surface area contributed by atoms with Gasteiger partial charge < -0.3 is 20.6 Å². The molecule has 0 aromatic heterocycles. The molecule has 0 unspecified atom stereocenters. The number of guanidine groups is 1. The van der Waals surface area contributed by atoms with E-state index in [9.17, 15) is 9.90 Å². The van der Waals surface area contributed by atoms with Gasteiger partial charge in [0, 0.05) is 38.6 Å². The third-order valence-corrected chi connectivity index (χ3v) is 5.39. The van der Waals surface area contributed by atoms with Gasteiger partial charge in [0.05, 0.1) is 6.10 Å². The van der Waals surface area contributed by atoms with Gasteiger partial charge in [-0.3, -0.25) is 9.79 Å². The van der Waals surface area contributed by atoms with E-state index in [1.54, 1.807) is 0 Å². The summed E-state index contributed by atoms with van der Waals surface area (Å²) in [4.78, 5) is 19.0. The first kappa shape index (κ1) is 22.9. The highest BCUT2D eigenvalue weighted by molar-refractivity contribution is 14.0. The molecular formula is C21H33IN4O2. The van der Waals surface area contributed by atoms with Gasteiger partial charge in [0.2, 0.25) is 5.91 Å². The predicted octanol–water partition coefficient (Wildman–Crippen LogP) is 2.79. The summed E-state index contributed by atoms with van der Waals surface area (Å²) in [6.07, 6.45) is 4.79. The lowest BCUT2D eigenvalue weighted by Crippen LogP contribution is -2.45. The molecule has 0 spiro atoms. The second-order valence-electron chi connectivity index (χ2n) is 7.53. The Morgan fingerprint density at radius 1 is 1.18 bits per heavy atom. The third-order valence-electron chi connectivity index (χ3n) is 5.39. The Hall–Kier alpha value is -1.35. The zero-order valence-corrected chi connectivity index (χ0v) is 19.0. The Balaban J connectivity index is 0.00000280. The molecule has 1 heterocycles. The molecule has 3 N–H and O–H groups in total. The normalized spacial score (nSPS) is 21.6. The van der Waals surface area contributed by atoms with Crippen molar-refractivity contribution < 1.29 is 9.90 Å². The van der Waals surface area contributed by atoms with E-state index in [0.29, 0.717) is 19.0 Å². The maximum Gasteiger partial charge on any atom is 0.223 e. The van der Waals surface area contributed by atoms with Gasteiger partial charge in [-0.1, -0.05) is 24.3 Å². The number of benzene rings is 1. The van der Waals surface area contributed by atoms with Crippen LogP contribution in [0.2, 0.25) is 0 Å². The van der Waals surface area contributed by atoms with Crippen molar-refractivity contribution in [1.29, 1.82) is 0 Å². The van der Waals surface area contributed by atoms with Gasteiger partial charge in [0.1, 0.15) is 0 Å². The maximum absolute atomic E-state index is 12.5. The lowest BCUT2D eigenvalue weighted by Gasteiger charge is -2.27. The van der Waals surface area contributed by atoms with Crippen LogP contribution in [-0.4, -0.2) is 47.1 Å². The van der Waals surface area contributed by atoms with Crippen molar-refractivity contribution in [1.82, 2.24) is 15.5 Å². The smallest absolute Gasteiger partial charge is 0.223 e. The zero-order chi connectivity index (χ0) is 19.1. The molecule has 1 saturated carbocycles. The molecule has 0 atom stereocenters. The summed E-state index contributed by atoms with van der Waals surface area (Å²) in [6, 6.07) is 8.64. The minimum Gasteiger partial charge on any atom is -0.393 e. The standard InChI is InChI=1S/C21H32N4O2.HI/c1-2-22-21(24-18-9-11-19(26)12-10-18)23-13-5-8-20(27)25-14-16-6-3-4-7-17(16)15-25;/h3-4,6-7,18-19,26H,2,5,8-15H2,1H3,(H2,22,23,24);1H. The van der Waals surface area contributed by atoms with Gasteiger partial charge in [0.15, 0.2) is 5.96 Å². The van der Waals surface area contributed by atoms with Crippen LogP contribution >= 0.6 is 24.0 Å². The Labute approximate surface area is 185 Å². The Morgan fingerprint density at radius 2 is 1.82 bits per heavy atom. The van der Waals surface area contributed by atoms with Crippen LogP contribution in [0.15, 0.2) is 29.3 Å². The number of hydrogen-bond acceptors (Lipinski definition) is 3. The van der Waals surface area contributed by atoms with E-state index in [2.05, 4.69) is 34.7 Å². The van der Waals surface area contributed by atoms with E-state index in [1.165, 1.54) is 11.1 Å². The lowest BCUT2D eigenvalue weighted by molar-refractivity contribution is -0.131. The fourth-order valence-corrected chi connectivity index (χ4v) is 3.82. The van der Waals surface area contributed by atoms with E-state index < -0.39 is 0 Å². The molecule has 3 rings (SSSR count).